The summed E-state index contributed by atoms with van der Waals surface area (Å²) in [6, 6.07) is 5.41. The first-order chi connectivity index (χ1) is 8.47. The van der Waals surface area contributed by atoms with Crippen molar-refractivity contribution in [2.75, 3.05) is 18.9 Å². The van der Waals surface area contributed by atoms with Crippen LogP contribution >= 0.6 is 0 Å². The van der Waals surface area contributed by atoms with E-state index in [-0.39, 0.29) is 12.2 Å². The molecule has 0 fully saturated rings. The average Bonchev–Trinajstić information content (AvgIpc) is 2.22. The van der Waals surface area contributed by atoms with Crippen LogP contribution in [0.1, 0.15) is 27.7 Å². The van der Waals surface area contributed by atoms with Crippen LogP contribution < -0.4 is 15.2 Å². The molecule has 0 bridgehead atoms. The summed E-state index contributed by atoms with van der Waals surface area (Å²) in [7, 11) is 0. The number of anilines is 1. The van der Waals surface area contributed by atoms with E-state index in [1.165, 1.54) is 0 Å². The molecule has 0 aliphatic carbocycles. The Morgan fingerprint density at radius 2 is 1.61 bits per heavy atom. The molecule has 0 heterocycles. The second-order valence-electron chi connectivity index (χ2n) is 4.67. The Kier molecular flexibility index (Phi) is 5.78. The summed E-state index contributed by atoms with van der Waals surface area (Å²) in [6.07, 6.45) is 0.332. The van der Waals surface area contributed by atoms with E-state index >= 15 is 0 Å². The van der Waals surface area contributed by atoms with Crippen LogP contribution in [0, 0.1) is 0 Å². The molecule has 4 nitrogen and oxygen atoms in total. The molecule has 1 rings (SSSR count). The first-order valence-electron chi connectivity index (χ1n) is 6.29. The summed E-state index contributed by atoms with van der Waals surface area (Å²) >= 11 is 0. The Balaban J connectivity index is 2.51. The van der Waals surface area contributed by atoms with Crippen molar-refractivity contribution in [2.24, 2.45) is 0 Å². The monoisotopic (exact) mass is 253 g/mol. The molecule has 0 aliphatic heterocycles. The van der Waals surface area contributed by atoms with Gasteiger partial charge >= 0.3 is 0 Å². The Morgan fingerprint density at radius 3 is 2.22 bits per heavy atom. The number of hydrogen-bond acceptors (Lipinski definition) is 4. The quantitative estimate of drug-likeness (QED) is 0.599. The van der Waals surface area contributed by atoms with Crippen molar-refractivity contribution in [1.82, 2.24) is 0 Å². The number of rotatable bonds is 7. The van der Waals surface area contributed by atoms with Gasteiger partial charge in [-0.3, -0.25) is 0 Å². The van der Waals surface area contributed by atoms with Gasteiger partial charge in [-0.2, -0.15) is 0 Å². The fourth-order valence-corrected chi connectivity index (χ4v) is 1.46. The Bertz CT molecular complexity index is 364. The van der Waals surface area contributed by atoms with Gasteiger partial charge in [-0.25, -0.2) is 0 Å². The predicted molar refractivity (Wildman–Crippen MR) is 73.2 cm³/mol. The van der Waals surface area contributed by atoms with Crippen LogP contribution in [0.5, 0.6) is 11.5 Å². The molecule has 102 valence electrons. The molecule has 4 heteroatoms. The van der Waals surface area contributed by atoms with Crippen molar-refractivity contribution >= 4 is 5.69 Å². The summed E-state index contributed by atoms with van der Waals surface area (Å²) in [6.45, 7) is 9.00. The van der Waals surface area contributed by atoms with Gasteiger partial charge in [0.15, 0.2) is 0 Å². The maximum Gasteiger partial charge on any atom is 0.125 e. The van der Waals surface area contributed by atoms with Crippen LogP contribution in [0.25, 0.3) is 0 Å². The summed E-state index contributed by atoms with van der Waals surface area (Å²) in [5, 5.41) is 0. The minimum Gasteiger partial charge on any atom is -0.491 e. The Hall–Kier alpha value is -1.42. The molecule has 1 aromatic carbocycles. The Morgan fingerprint density at radius 1 is 0.944 bits per heavy atom. The van der Waals surface area contributed by atoms with Crippen LogP contribution in [0.15, 0.2) is 18.2 Å². The third-order valence-electron chi connectivity index (χ3n) is 2.08. The predicted octanol–water partition coefficient (Wildman–Crippen LogP) is 2.86. The topological polar surface area (TPSA) is 53.7 Å². The molecular weight excluding hydrogens is 230 g/mol. The summed E-state index contributed by atoms with van der Waals surface area (Å²) in [4.78, 5) is 0. The molecule has 0 spiro atoms. The number of nitrogens with two attached hydrogens (primary N) is 1. The number of benzene rings is 1. The van der Waals surface area contributed by atoms with Gasteiger partial charge in [0, 0.05) is 23.9 Å². The van der Waals surface area contributed by atoms with E-state index in [1.807, 2.05) is 33.8 Å². The highest BCUT2D eigenvalue weighted by molar-refractivity contribution is 5.50. The molecule has 0 aromatic heterocycles. The van der Waals surface area contributed by atoms with Crippen LogP contribution in [0.4, 0.5) is 5.69 Å². The first-order valence-corrected chi connectivity index (χ1v) is 6.29. The van der Waals surface area contributed by atoms with Gasteiger partial charge in [-0.1, -0.05) is 0 Å². The highest BCUT2D eigenvalue weighted by atomic mass is 16.5. The second kappa shape index (κ2) is 7.11. The zero-order valence-electron chi connectivity index (χ0n) is 11.6. The lowest BCUT2D eigenvalue weighted by atomic mass is 10.3. The summed E-state index contributed by atoms with van der Waals surface area (Å²) in [5.41, 5.74) is 6.43. The van der Waals surface area contributed by atoms with Crippen molar-refractivity contribution in [3.8, 4) is 11.5 Å². The fraction of sp³-hybridized carbons (Fsp3) is 0.571. The van der Waals surface area contributed by atoms with E-state index in [0.717, 1.165) is 5.75 Å². The van der Waals surface area contributed by atoms with E-state index in [1.54, 1.807) is 12.1 Å². The fourth-order valence-electron chi connectivity index (χ4n) is 1.46. The molecule has 0 aliphatic rings. The third-order valence-corrected chi connectivity index (χ3v) is 2.08. The maximum atomic E-state index is 5.80. The average molecular weight is 253 g/mol. The molecule has 18 heavy (non-hydrogen) atoms. The van der Waals surface area contributed by atoms with Crippen molar-refractivity contribution in [3.63, 3.8) is 0 Å². The molecular formula is C14H23NO3. The molecule has 0 unspecified atom stereocenters. The van der Waals surface area contributed by atoms with Gasteiger partial charge in [-0.05, 0) is 27.7 Å². The molecule has 2 N–H and O–H groups in total. The minimum atomic E-state index is 0.115. The standard InChI is InChI=1S/C14H23NO3/c1-10(2)16-5-6-17-13-7-12(15)8-14(9-13)18-11(3)4/h7-11H,5-6,15H2,1-4H3. The molecule has 0 saturated carbocycles. The van der Waals surface area contributed by atoms with Crippen LogP contribution in [0.3, 0.4) is 0 Å². The number of ether oxygens (including phenoxy) is 3. The van der Waals surface area contributed by atoms with Gasteiger partial charge < -0.3 is 19.9 Å². The SMILES string of the molecule is CC(C)OCCOc1cc(N)cc(OC(C)C)c1. The van der Waals surface area contributed by atoms with E-state index in [2.05, 4.69) is 0 Å². The van der Waals surface area contributed by atoms with Crippen molar-refractivity contribution in [1.29, 1.82) is 0 Å². The smallest absolute Gasteiger partial charge is 0.125 e. The number of hydrogen-bond donors (Lipinski definition) is 1. The largest absolute Gasteiger partial charge is 0.491 e. The molecule has 0 saturated heterocycles. The molecule has 0 amide bonds. The lowest BCUT2D eigenvalue weighted by Crippen LogP contribution is -2.11. The van der Waals surface area contributed by atoms with Crippen LogP contribution in [0.2, 0.25) is 0 Å². The van der Waals surface area contributed by atoms with Crippen molar-refractivity contribution in [3.05, 3.63) is 18.2 Å². The van der Waals surface area contributed by atoms with E-state index < -0.39 is 0 Å². The lowest BCUT2D eigenvalue weighted by Gasteiger charge is -2.13. The zero-order valence-corrected chi connectivity index (χ0v) is 11.6. The second-order valence-corrected chi connectivity index (χ2v) is 4.67. The zero-order chi connectivity index (χ0) is 13.5. The van der Waals surface area contributed by atoms with Crippen molar-refractivity contribution < 1.29 is 14.2 Å². The lowest BCUT2D eigenvalue weighted by molar-refractivity contribution is 0.0552. The normalized spacial score (nSPS) is 11.0. The molecule has 1 aromatic rings. The van der Waals surface area contributed by atoms with Gasteiger partial charge in [0.1, 0.15) is 18.1 Å². The highest BCUT2D eigenvalue weighted by Gasteiger charge is 2.03. The highest BCUT2D eigenvalue weighted by Crippen LogP contribution is 2.25. The van der Waals surface area contributed by atoms with Gasteiger partial charge in [0.2, 0.25) is 0 Å². The number of nitrogen functional groups attached to an aromatic ring is 1. The van der Waals surface area contributed by atoms with Crippen molar-refractivity contribution in [2.45, 2.75) is 39.9 Å². The summed E-state index contributed by atoms with van der Waals surface area (Å²) in [5.74, 6) is 1.43. The minimum absolute atomic E-state index is 0.115. The van der Waals surface area contributed by atoms with E-state index in [4.69, 9.17) is 19.9 Å². The molecule has 0 radical (unpaired) electrons. The van der Waals surface area contributed by atoms with Gasteiger partial charge in [0.25, 0.3) is 0 Å². The van der Waals surface area contributed by atoms with Crippen LogP contribution in [-0.4, -0.2) is 25.4 Å². The van der Waals surface area contributed by atoms with Gasteiger partial charge in [-0.15, -0.1) is 0 Å². The molecule has 0 atom stereocenters. The van der Waals surface area contributed by atoms with E-state index in [9.17, 15) is 0 Å². The maximum absolute atomic E-state index is 5.80. The summed E-state index contributed by atoms with van der Waals surface area (Å²) < 4.78 is 16.6. The van der Waals surface area contributed by atoms with E-state index in [0.29, 0.717) is 24.7 Å². The van der Waals surface area contributed by atoms with Gasteiger partial charge in [0.05, 0.1) is 18.8 Å². The Labute approximate surface area is 109 Å². The third kappa shape index (κ3) is 5.77. The first kappa shape index (κ1) is 14.6. The van der Waals surface area contributed by atoms with Crippen LogP contribution in [-0.2, 0) is 4.74 Å².